The number of sulfonamides is 1. The van der Waals surface area contributed by atoms with E-state index in [1.54, 1.807) is 42.5 Å². The Morgan fingerprint density at radius 3 is 2.27 bits per heavy atom. The zero-order valence-electron chi connectivity index (χ0n) is 17.8. The van der Waals surface area contributed by atoms with Gasteiger partial charge in [-0.3, -0.25) is 9.52 Å². The summed E-state index contributed by atoms with van der Waals surface area (Å²) in [4.78, 5) is 25.0. The van der Waals surface area contributed by atoms with Gasteiger partial charge in [-0.05, 0) is 55.5 Å². The number of aryl methyl sites for hydroxylation is 1. The molecule has 4 rings (SSSR count). The topological polar surface area (TPSA) is 115 Å². The minimum Gasteiger partial charge on any atom is -0.493 e. The summed E-state index contributed by atoms with van der Waals surface area (Å²) >= 11 is 0. The zero-order chi connectivity index (χ0) is 23.6. The molecule has 1 aromatic heterocycles. The van der Waals surface area contributed by atoms with E-state index in [-0.39, 0.29) is 16.0 Å². The van der Waals surface area contributed by atoms with Crippen LogP contribution in [-0.4, -0.2) is 21.4 Å². The maximum atomic E-state index is 12.7. The van der Waals surface area contributed by atoms with Gasteiger partial charge in [-0.2, -0.15) is 0 Å². The molecule has 8 nitrogen and oxygen atoms in total. The van der Waals surface area contributed by atoms with Crippen LogP contribution in [0.3, 0.4) is 0 Å². The van der Waals surface area contributed by atoms with Crippen molar-refractivity contribution in [2.75, 3.05) is 17.1 Å². The first-order valence-corrected chi connectivity index (χ1v) is 11.4. The molecule has 9 heteroatoms. The highest BCUT2D eigenvalue weighted by molar-refractivity contribution is 7.92. The minimum atomic E-state index is -3.80. The molecule has 0 bridgehead atoms. The van der Waals surface area contributed by atoms with Crippen molar-refractivity contribution in [1.82, 2.24) is 0 Å². The van der Waals surface area contributed by atoms with Gasteiger partial charge in [-0.25, -0.2) is 13.2 Å². The average molecular weight is 464 g/mol. The third-order valence-electron chi connectivity index (χ3n) is 4.91. The van der Waals surface area contributed by atoms with Crippen LogP contribution < -0.4 is 20.4 Å². The predicted molar refractivity (Wildman–Crippen MR) is 125 cm³/mol. The molecular formula is C24H20N2O6S. The molecule has 0 unspecified atom stereocenters. The van der Waals surface area contributed by atoms with Gasteiger partial charge < -0.3 is 14.5 Å². The Morgan fingerprint density at radius 2 is 1.61 bits per heavy atom. The van der Waals surface area contributed by atoms with Gasteiger partial charge in [-0.1, -0.05) is 29.8 Å². The van der Waals surface area contributed by atoms with Crippen LogP contribution in [0.4, 0.5) is 11.4 Å². The van der Waals surface area contributed by atoms with Gasteiger partial charge in [0.2, 0.25) is 0 Å². The quantitative estimate of drug-likeness (QED) is 0.414. The molecule has 0 radical (unpaired) electrons. The third-order valence-corrected chi connectivity index (χ3v) is 6.31. The highest BCUT2D eigenvalue weighted by Crippen LogP contribution is 2.25. The van der Waals surface area contributed by atoms with E-state index < -0.39 is 21.6 Å². The number of ether oxygens (including phenoxy) is 1. The molecule has 0 saturated carbocycles. The SMILES string of the molecule is COc1cccc2cc(C(=O)Nc3ccc(S(=O)(=O)Nc4ccc(C)cc4)cc3)c(=O)oc12. The van der Waals surface area contributed by atoms with E-state index in [4.69, 9.17) is 9.15 Å². The van der Waals surface area contributed by atoms with E-state index in [1.807, 2.05) is 6.92 Å². The molecule has 1 amide bonds. The molecule has 0 aliphatic carbocycles. The first-order valence-electron chi connectivity index (χ1n) is 9.88. The molecular weight excluding hydrogens is 444 g/mol. The van der Waals surface area contributed by atoms with Crippen molar-refractivity contribution in [1.29, 1.82) is 0 Å². The summed E-state index contributed by atoms with van der Waals surface area (Å²) in [7, 11) is -2.35. The van der Waals surface area contributed by atoms with Gasteiger partial charge >= 0.3 is 5.63 Å². The molecule has 0 spiro atoms. The maximum Gasteiger partial charge on any atom is 0.349 e. The second-order valence-corrected chi connectivity index (χ2v) is 8.96. The number of rotatable bonds is 6. The van der Waals surface area contributed by atoms with E-state index in [1.165, 1.54) is 37.4 Å². The van der Waals surface area contributed by atoms with Crippen molar-refractivity contribution in [3.63, 3.8) is 0 Å². The molecule has 1 heterocycles. The summed E-state index contributed by atoms with van der Waals surface area (Å²) in [5.74, 6) is -0.297. The summed E-state index contributed by atoms with van der Waals surface area (Å²) in [5, 5.41) is 3.11. The largest absolute Gasteiger partial charge is 0.493 e. The second kappa shape index (κ2) is 8.79. The Bertz CT molecular complexity index is 1490. The van der Waals surface area contributed by atoms with E-state index in [2.05, 4.69) is 10.0 Å². The molecule has 2 N–H and O–H groups in total. The van der Waals surface area contributed by atoms with Crippen LogP contribution in [0.2, 0.25) is 0 Å². The highest BCUT2D eigenvalue weighted by atomic mass is 32.2. The number of carbonyl (C=O) groups is 1. The number of amides is 1. The molecule has 0 saturated heterocycles. The van der Waals surface area contributed by atoms with Crippen LogP contribution in [0.15, 0.2) is 86.9 Å². The monoisotopic (exact) mass is 464 g/mol. The Hall–Kier alpha value is -4.11. The van der Waals surface area contributed by atoms with Gasteiger partial charge in [0.25, 0.3) is 15.9 Å². The van der Waals surface area contributed by atoms with Crippen molar-refractivity contribution in [3.05, 3.63) is 94.3 Å². The third kappa shape index (κ3) is 4.73. The highest BCUT2D eigenvalue weighted by Gasteiger charge is 2.17. The Balaban J connectivity index is 1.53. The maximum absolute atomic E-state index is 12.7. The number of fused-ring (bicyclic) bond motifs is 1. The fraction of sp³-hybridized carbons (Fsp3) is 0.0833. The molecule has 0 fully saturated rings. The van der Waals surface area contributed by atoms with Crippen molar-refractivity contribution >= 4 is 38.3 Å². The number of carbonyl (C=O) groups excluding carboxylic acids is 1. The normalized spacial score (nSPS) is 11.2. The lowest BCUT2D eigenvalue weighted by molar-refractivity contribution is 0.102. The van der Waals surface area contributed by atoms with Gasteiger partial charge in [0, 0.05) is 16.8 Å². The number of benzene rings is 3. The van der Waals surface area contributed by atoms with E-state index in [0.29, 0.717) is 22.5 Å². The lowest BCUT2D eigenvalue weighted by Gasteiger charge is -2.10. The van der Waals surface area contributed by atoms with Crippen LogP contribution in [0.1, 0.15) is 15.9 Å². The van der Waals surface area contributed by atoms with Crippen molar-refractivity contribution in [2.24, 2.45) is 0 Å². The van der Waals surface area contributed by atoms with Crippen LogP contribution in [0, 0.1) is 6.92 Å². The van der Waals surface area contributed by atoms with Gasteiger partial charge in [0.15, 0.2) is 11.3 Å². The first kappa shape index (κ1) is 22.1. The van der Waals surface area contributed by atoms with Crippen molar-refractivity contribution in [3.8, 4) is 5.75 Å². The number of hydrogen-bond donors (Lipinski definition) is 2. The molecule has 168 valence electrons. The molecule has 0 aliphatic rings. The predicted octanol–water partition coefficient (Wildman–Crippen LogP) is 4.16. The summed E-state index contributed by atoms with van der Waals surface area (Å²) in [5.41, 5.74) is 1.02. The molecule has 4 aromatic rings. The molecule has 33 heavy (non-hydrogen) atoms. The van der Waals surface area contributed by atoms with Crippen LogP contribution in [0.5, 0.6) is 5.75 Å². The van der Waals surface area contributed by atoms with Crippen LogP contribution >= 0.6 is 0 Å². The minimum absolute atomic E-state index is 0.0263. The van der Waals surface area contributed by atoms with Gasteiger partial charge in [0.05, 0.1) is 12.0 Å². The van der Waals surface area contributed by atoms with E-state index in [0.717, 1.165) is 5.56 Å². The van der Waals surface area contributed by atoms with Gasteiger partial charge in [-0.15, -0.1) is 0 Å². The number of nitrogens with one attached hydrogen (secondary N) is 2. The lowest BCUT2D eigenvalue weighted by atomic mass is 10.1. The van der Waals surface area contributed by atoms with Gasteiger partial charge in [0.1, 0.15) is 5.56 Å². The van der Waals surface area contributed by atoms with E-state index >= 15 is 0 Å². The first-order chi connectivity index (χ1) is 15.8. The number of para-hydroxylation sites is 1. The molecule has 0 atom stereocenters. The van der Waals surface area contributed by atoms with E-state index in [9.17, 15) is 18.0 Å². The van der Waals surface area contributed by atoms with Crippen molar-refractivity contribution in [2.45, 2.75) is 11.8 Å². The fourth-order valence-electron chi connectivity index (χ4n) is 3.19. The zero-order valence-corrected chi connectivity index (χ0v) is 18.6. The fourth-order valence-corrected chi connectivity index (χ4v) is 4.25. The molecule has 0 aliphatic heterocycles. The van der Waals surface area contributed by atoms with Crippen LogP contribution in [0.25, 0.3) is 11.0 Å². The molecule has 3 aromatic carbocycles. The smallest absolute Gasteiger partial charge is 0.349 e. The summed E-state index contributed by atoms with van der Waals surface area (Å²) in [6, 6.07) is 19.0. The summed E-state index contributed by atoms with van der Waals surface area (Å²) in [6.07, 6.45) is 0. The lowest BCUT2D eigenvalue weighted by Crippen LogP contribution is -2.20. The van der Waals surface area contributed by atoms with Crippen molar-refractivity contribution < 1.29 is 22.4 Å². The number of hydrogen-bond acceptors (Lipinski definition) is 6. The number of anilines is 2. The number of methoxy groups -OCH3 is 1. The Morgan fingerprint density at radius 1 is 0.939 bits per heavy atom. The standard InChI is InChI=1S/C24H20N2O6S/c1-15-6-8-18(9-7-15)26-33(29,30)19-12-10-17(11-13-19)25-23(27)20-14-16-4-3-5-21(31-2)22(16)32-24(20)28/h3-14,26H,1-2H3,(H,25,27). The van der Waals surface area contributed by atoms with Crippen LogP contribution in [-0.2, 0) is 10.0 Å². The summed E-state index contributed by atoms with van der Waals surface area (Å²) in [6.45, 7) is 1.91. The summed E-state index contributed by atoms with van der Waals surface area (Å²) < 4.78 is 38.1. The Labute approximate surface area is 189 Å². The second-order valence-electron chi connectivity index (χ2n) is 7.28. The average Bonchev–Trinajstić information content (AvgIpc) is 2.80. The Kier molecular flexibility index (Phi) is 5.89.